The van der Waals surface area contributed by atoms with Crippen molar-refractivity contribution in [3.05, 3.63) is 35.5 Å². The summed E-state index contributed by atoms with van der Waals surface area (Å²) in [5.41, 5.74) is 3.52. The van der Waals surface area contributed by atoms with E-state index in [1.54, 1.807) is 0 Å². The molecule has 0 unspecified atom stereocenters. The van der Waals surface area contributed by atoms with Crippen molar-refractivity contribution in [2.75, 3.05) is 36.2 Å². The van der Waals surface area contributed by atoms with E-state index in [-0.39, 0.29) is 0 Å². The Morgan fingerprint density at radius 1 is 1.03 bits per heavy atom. The highest BCUT2D eigenvalue weighted by Crippen LogP contribution is 2.29. The molecule has 0 bridgehead atoms. The summed E-state index contributed by atoms with van der Waals surface area (Å²) in [6.45, 7) is 2.65. The summed E-state index contributed by atoms with van der Waals surface area (Å²) in [4.78, 5) is 11.9. The minimum absolute atomic E-state index is 0.382. The quantitative estimate of drug-likeness (QED) is 0.512. The number of aromatic nitrogens is 2. The smallest absolute Gasteiger partial charge is 0.225 e. The van der Waals surface area contributed by atoms with E-state index >= 15 is 0 Å². The van der Waals surface area contributed by atoms with Crippen molar-refractivity contribution in [2.45, 2.75) is 70.4 Å². The number of anilines is 3. The van der Waals surface area contributed by atoms with Crippen LogP contribution in [0.2, 0.25) is 0 Å². The molecule has 2 aromatic rings. The van der Waals surface area contributed by atoms with Gasteiger partial charge in [-0.05, 0) is 94.8 Å². The summed E-state index contributed by atoms with van der Waals surface area (Å²) in [6.07, 6.45) is 8.87. The van der Waals surface area contributed by atoms with E-state index in [2.05, 4.69) is 34.9 Å². The lowest BCUT2D eigenvalue weighted by molar-refractivity contribution is 0.340. The van der Waals surface area contributed by atoms with Gasteiger partial charge in [0.2, 0.25) is 5.95 Å². The largest absolute Gasteiger partial charge is 0.494 e. The van der Waals surface area contributed by atoms with E-state index in [4.69, 9.17) is 26.9 Å². The molecule has 2 aliphatic rings. The molecule has 0 spiro atoms. The molecule has 0 radical (unpaired) electrons. The Bertz CT molecular complexity index is 941. The molecule has 178 valence electrons. The average Bonchev–Trinajstić information content (AvgIpc) is 2.81. The number of hydrogen-bond acceptors (Lipinski definition) is 6. The van der Waals surface area contributed by atoms with Gasteiger partial charge in [-0.1, -0.05) is 0 Å². The molecule has 3 N–H and O–H groups in total. The Kier molecular flexibility index (Phi) is 7.85. The van der Waals surface area contributed by atoms with Crippen LogP contribution in [0.25, 0.3) is 0 Å². The molecule has 8 heteroatoms. The minimum atomic E-state index is 0.382. The fraction of sp³-hybridized carbons (Fsp3) is 0.560. The molecule has 1 heterocycles. The summed E-state index contributed by atoms with van der Waals surface area (Å²) >= 11 is 5.54. The standard InChI is InChI=1S/C25H36N6OS/c1-4-32-20-15-13-19(14-16-20)28-25(33)27-18-11-9-17(10-12-18)26-24-29-22-8-6-5-7-21(22)23(30-24)31(2)3/h13-18H,4-12H2,1-3H3,(H,26,29,30)(H2,27,28,33)/t17-,18+. The molecule has 1 aromatic heterocycles. The van der Waals surface area contributed by atoms with Crippen molar-refractivity contribution in [3.63, 3.8) is 0 Å². The Labute approximate surface area is 202 Å². The summed E-state index contributed by atoms with van der Waals surface area (Å²) < 4.78 is 5.49. The molecule has 1 aromatic carbocycles. The molecule has 1 fully saturated rings. The molecular formula is C25H36N6OS. The normalized spacial score (nSPS) is 19.8. The van der Waals surface area contributed by atoms with Gasteiger partial charge in [0.05, 0.1) is 12.3 Å². The molecule has 2 aliphatic carbocycles. The second kappa shape index (κ2) is 11.0. The fourth-order valence-corrected chi connectivity index (χ4v) is 5.01. The summed E-state index contributed by atoms with van der Waals surface area (Å²) in [6, 6.07) is 8.66. The third-order valence-electron chi connectivity index (χ3n) is 6.40. The Hall–Kier alpha value is -2.61. The van der Waals surface area contributed by atoms with Gasteiger partial charge in [0.1, 0.15) is 11.6 Å². The van der Waals surface area contributed by atoms with Gasteiger partial charge in [0.25, 0.3) is 0 Å². The zero-order chi connectivity index (χ0) is 23.2. The summed E-state index contributed by atoms with van der Waals surface area (Å²) in [7, 11) is 4.14. The number of hydrogen-bond donors (Lipinski definition) is 3. The topological polar surface area (TPSA) is 74.3 Å². The van der Waals surface area contributed by atoms with Gasteiger partial charge < -0.3 is 25.6 Å². The SMILES string of the molecule is CCOc1ccc(NC(=S)N[C@H]2CC[C@@H](Nc3nc4c(c(N(C)C)n3)CCCC4)CC2)cc1. The van der Waals surface area contributed by atoms with Gasteiger partial charge in [-0.25, -0.2) is 4.98 Å². The molecule has 0 aliphatic heterocycles. The van der Waals surface area contributed by atoms with Crippen LogP contribution < -0.4 is 25.6 Å². The van der Waals surface area contributed by atoms with Gasteiger partial charge in [-0.3, -0.25) is 0 Å². The predicted octanol–water partition coefficient (Wildman–Crippen LogP) is 4.53. The average molecular weight is 469 g/mol. The fourth-order valence-electron chi connectivity index (χ4n) is 4.73. The second-order valence-electron chi connectivity index (χ2n) is 9.15. The van der Waals surface area contributed by atoms with Gasteiger partial charge in [0.15, 0.2) is 5.11 Å². The first-order valence-electron chi connectivity index (χ1n) is 12.2. The van der Waals surface area contributed by atoms with Crippen molar-refractivity contribution in [1.29, 1.82) is 0 Å². The van der Waals surface area contributed by atoms with Crippen LogP contribution in [-0.2, 0) is 12.8 Å². The summed E-state index contributed by atoms with van der Waals surface area (Å²) in [5, 5.41) is 11.0. The van der Waals surface area contributed by atoms with Crippen LogP contribution in [-0.4, -0.2) is 47.9 Å². The third-order valence-corrected chi connectivity index (χ3v) is 6.62. The number of nitrogens with zero attached hydrogens (tertiary/aromatic N) is 3. The molecule has 4 rings (SSSR count). The van der Waals surface area contributed by atoms with Gasteiger partial charge in [-0.2, -0.15) is 4.98 Å². The van der Waals surface area contributed by atoms with E-state index in [1.165, 1.54) is 24.1 Å². The number of benzene rings is 1. The highest BCUT2D eigenvalue weighted by molar-refractivity contribution is 7.80. The minimum Gasteiger partial charge on any atom is -0.494 e. The molecule has 0 saturated heterocycles. The summed E-state index contributed by atoms with van der Waals surface area (Å²) in [5.74, 6) is 2.72. The lowest BCUT2D eigenvalue weighted by Crippen LogP contribution is -2.42. The van der Waals surface area contributed by atoms with Crippen molar-refractivity contribution < 1.29 is 4.74 Å². The predicted molar refractivity (Wildman–Crippen MR) is 140 cm³/mol. The highest BCUT2D eigenvalue weighted by atomic mass is 32.1. The Balaban J connectivity index is 1.27. The third kappa shape index (κ3) is 6.25. The van der Waals surface area contributed by atoms with Gasteiger partial charge in [0, 0.05) is 37.4 Å². The van der Waals surface area contributed by atoms with E-state index < -0.39 is 0 Å². The van der Waals surface area contributed by atoms with Crippen molar-refractivity contribution in [2.24, 2.45) is 0 Å². The van der Waals surface area contributed by atoms with E-state index in [0.717, 1.165) is 61.7 Å². The molecule has 7 nitrogen and oxygen atoms in total. The van der Waals surface area contributed by atoms with Crippen LogP contribution in [0.4, 0.5) is 17.5 Å². The van der Waals surface area contributed by atoms with Crippen LogP contribution in [0, 0.1) is 0 Å². The lowest BCUT2D eigenvalue weighted by Gasteiger charge is -2.31. The number of ether oxygens (including phenoxy) is 1. The Morgan fingerprint density at radius 3 is 2.42 bits per heavy atom. The van der Waals surface area contributed by atoms with Gasteiger partial charge in [-0.15, -0.1) is 0 Å². The maximum atomic E-state index is 5.54. The first kappa shape index (κ1) is 23.5. The van der Waals surface area contributed by atoms with E-state index in [1.807, 2.05) is 31.2 Å². The monoisotopic (exact) mass is 468 g/mol. The number of rotatable bonds is 7. The number of nitrogens with one attached hydrogen (secondary N) is 3. The second-order valence-corrected chi connectivity index (χ2v) is 9.55. The number of aryl methyl sites for hydroxylation is 1. The van der Waals surface area contributed by atoms with Crippen LogP contribution in [0.15, 0.2) is 24.3 Å². The van der Waals surface area contributed by atoms with E-state index in [0.29, 0.717) is 23.8 Å². The van der Waals surface area contributed by atoms with E-state index in [9.17, 15) is 0 Å². The first-order chi connectivity index (χ1) is 16.0. The van der Waals surface area contributed by atoms with Crippen LogP contribution in [0.5, 0.6) is 5.75 Å². The molecule has 0 amide bonds. The number of fused-ring (bicyclic) bond motifs is 1. The zero-order valence-electron chi connectivity index (χ0n) is 20.0. The molecule has 33 heavy (non-hydrogen) atoms. The van der Waals surface area contributed by atoms with Crippen LogP contribution in [0.1, 0.15) is 56.7 Å². The van der Waals surface area contributed by atoms with Crippen LogP contribution in [0.3, 0.4) is 0 Å². The highest BCUT2D eigenvalue weighted by Gasteiger charge is 2.24. The number of thiocarbonyl (C=S) groups is 1. The maximum absolute atomic E-state index is 5.54. The Morgan fingerprint density at radius 2 is 1.73 bits per heavy atom. The first-order valence-corrected chi connectivity index (χ1v) is 12.6. The van der Waals surface area contributed by atoms with Crippen LogP contribution >= 0.6 is 12.2 Å². The van der Waals surface area contributed by atoms with Crippen molar-refractivity contribution >= 4 is 34.8 Å². The molecular weight excluding hydrogens is 432 g/mol. The van der Waals surface area contributed by atoms with Crippen molar-refractivity contribution in [1.82, 2.24) is 15.3 Å². The molecule has 1 saturated carbocycles. The van der Waals surface area contributed by atoms with Gasteiger partial charge >= 0.3 is 0 Å². The maximum Gasteiger partial charge on any atom is 0.225 e. The zero-order valence-corrected chi connectivity index (χ0v) is 20.8. The van der Waals surface area contributed by atoms with Crippen molar-refractivity contribution in [3.8, 4) is 5.75 Å². The molecule has 0 atom stereocenters. The lowest BCUT2D eigenvalue weighted by atomic mass is 9.91.